The maximum atomic E-state index is 13.3. The highest BCUT2D eigenvalue weighted by atomic mass is 35.5. The van der Waals surface area contributed by atoms with E-state index in [4.69, 9.17) is 51.8 Å². The Bertz CT molecular complexity index is 1180. The number of hydrogen-bond donors (Lipinski definition) is 3. The number of benzene rings is 2. The molecule has 172 valence electrons. The van der Waals surface area contributed by atoms with Crippen molar-refractivity contribution in [3.8, 4) is 5.75 Å². The normalized spacial score (nSPS) is 16.6. The molecule has 0 aliphatic carbocycles. The van der Waals surface area contributed by atoms with Crippen molar-refractivity contribution in [2.75, 3.05) is 24.3 Å². The van der Waals surface area contributed by atoms with Crippen molar-refractivity contribution < 1.29 is 23.1 Å². The second-order valence-corrected chi connectivity index (χ2v) is 10.2. The topological polar surface area (TPSA) is 108 Å². The molecular formula is C19H18Cl3N3O5S2. The van der Waals surface area contributed by atoms with Crippen LogP contribution >= 0.6 is 47.0 Å². The zero-order valence-electron chi connectivity index (χ0n) is 16.6. The molecule has 0 aromatic heterocycles. The monoisotopic (exact) mass is 537 g/mol. The third kappa shape index (κ3) is 4.90. The molecule has 8 nitrogen and oxygen atoms in total. The quantitative estimate of drug-likeness (QED) is 0.290. The number of hydrogen-bond acceptors (Lipinski definition) is 6. The molecule has 2 aromatic rings. The summed E-state index contributed by atoms with van der Waals surface area (Å²) in [5, 5.41) is 16.7. The zero-order chi connectivity index (χ0) is 23.6. The smallest absolute Gasteiger partial charge is 0.324 e. The lowest BCUT2D eigenvalue weighted by atomic mass is 10.2. The number of sulfonamides is 1. The Morgan fingerprint density at radius 3 is 2.53 bits per heavy atom. The molecule has 0 spiro atoms. The van der Waals surface area contributed by atoms with Crippen molar-refractivity contribution in [1.29, 1.82) is 0 Å². The molecule has 32 heavy (non-hydrogen) atoms. The number of carbonyl (C=O) groups excluding carboxylic acids is 1. The highest BCUT2D eigenvalue weighted by Gasteiger charge is 2.42. The van der Waals surface area contributed by atoms with Crippen LogP contribution in [0.2, 0.25) is 15.1 Å². The fourth-order valence-electron chi connectivity index (χ4n) is 3.29. The van der Waals surface area contributed by atoms with E-state index in [0.717, 1.165) is 4.31 Å². The highest BCUT2D eigenvalue weighted by molar-refractivity contribution is 7.89. The number of halogens is 3. The molecule has 1 fully saturated rings. The van der Waals surface area contributed by atoms with Gasteiger partial charge in [0, 0.05) is 6.54 Å². The molecule has 0 radical (unpaired) electrons. The Morgan fingerprint density at radius 1 is 1.16 bits per heavy atom. The van der Waals surface area contributed by atoms with Gasteiger partial charge in [-0.3, -0.25) is 4.79 Å². The van der Waals surface area contributed by atoms with Gasteiger partial charge in [-0.1, -0.05) is 40.9 Å². The van der Waals surface area contributed by atoms with Gasteiger partial charge in [-0.15, -0.1) is 0 Å². The first-order valence-electron chi connectivity index (χ1n) is 9.21. The molecule has 0 amide bonds. The summed E-state index contributed by atoms with van der Waals surface area (Å²) in [6.07, 6.45) is 0.764. The average molecular weight is 539 g/mol. The van der Waals surface area contributed by atoms with Gasteiger partial charge in [0.2, 0.25) is 10.0 Å². The molecule has 13 heteroatoms. The molecule has 1 aliphatic heterocycles. The number of methoxy groups -OCH3 is 1. The Kier molecular flexibility index (Phi) is 7.74. The van der Waals surface area contributed by atoms with Gasteiger partial charge in [0.25, 0.3) is 0 Å². The number of nitrogens with zero attached hydrogens (tertiary/aromatic N) is 1. The van der Waals surface area contributed by atoms with Crippen molar-refractivity contribution in [3.63, 3.8) is 0 Å². The Labute approximate surface area is 205 Å². The zero-order valence-corrected chi connectivity index (χ0v) is 20.5. The number of phenolic OH excluding ortho intramolecular Hbond substituents is 1. The Balaban J connectivity index is 1.91. The molecule has 1 saturated heterocycles. The minimum absolute atomic E-state index is 0.0163. The van der Waals surface area contributed by atoms with Crippen molar-refractivity contribution in [2.45, 2.75) is 23.8 Å². The number of anilines is 2. The number of esters is 1. The van der Waals surface area contributed by atoms with E-state index in [1.807, 2.05) is 0 Å². The summed E-state index contributed by atoms with van der Waals surface area (Å²) in [5.74, 6) is -1.32. The van der Waals surface area contributed by atoms with Crippen LogP contribution in [0.1, 0.15) is 12.8 Å². The van der Waals surface area contributed by atoms with Crippen LogP contribution in [0.3, 0.4) is 0 Å². The van der Waals surface area contributed by atoms with E-state index in [0.29, 0.717) is 23.6 Å². The van der Waals surface area contributed by atoms with E-state index in [1.165, 1.54) is 19.2 Å². The molecule has 1 aliphatic rings. The van der Waals surface area contributed by atoms with Crippen LogP contribution < -0.4 is 10.6 Å². The summed E-state index contributed by atoms with van der Waals surface area (Å²) in [7, 11) is -3.14. The summed E-state index contributed by atoms with van der Waals surface area (Å²) in [5.41, 5.74) is 0.397. The molecule has 0 saturated carbocycles. The van der Waals surface area contributed by atoms with Crippen molar-refractivity contribution in [1.82, 2.24) is 4.31 Å². The van der Waals surface area contributed by atoms with Crippen molar-refractivity contribution in [3.05, 3.63) is 45.4 Å². The van der Waals surface area contributed by atoms with E-state index >= 15 is 0 Å². The van der Waals surface area contributed by atoms with Crippen LogP contribution in [0.4, 0.5) is 11.4 Å². The van der Waals surface area contributed by atoms with Crippen LogP contribution in [0.5, 0.6) is 5.75 Å². The first-order valence-corrected chi connectivity index (χ1v) is 12.2. The van der Waals surface area contributed by atoms with Crippen LogP contribution in [0, 0.1) is 0 Å². The predicted octanol–water partition coefficient (Wildman–Crippen LogP) is 4.49. The van der Waals surface area contributed by atoms with Gasteiger partial charge in [-0.2, -0.15) is 4.31 Å². The first-order chi connectivity index (χ1) is 15.1. The molecular weight excluding hydrogens is 521 g/mol. The van der Waals surface area contributed by atoms with E-state index in [-0.39, 0.29) is 27.4 Å². The number of phenols is 1. The van der Waals surface area contributed by atoms with Crippen LogP contribution in [0.25, 0.3) is 0 Å². The second kappa shape index (κ2) is 9.98. The minimum atomic E-state index is -4.33. The van der Waals surface area contributed by atoms with E-state index in [9.17, 15) is 18.3 Å². The van der Waals surface area contributed by atoms with Gasteiger partial charge in [0.15, 0.2) is 10.9 Å². The molecule has 1 atom stereocenters. The third-order valence-corrected chi connectivity index (χ3v) is 8.21. The van der Waals surface area contributed by atoms with Gasteiger partial charge >= 0.3 is 5.97 Å². The summed E-state index contributed by atoms with van der Waals surface area (Å²) in [4.78, 5) is 11.5. The number of thiocarbonyl (C=S) groups is 1. The van der Waals surface area contributed by atoms with Crippen LogP contribution in [0.15, 0.2) is 35.2 Å². The molecule has 3 rings (SSSR count). The molecule has 2 aromatic carbocycles. The lowest BCUT2D eigenvalue weighted by molar-refractivity contribution is -0.144. The third-order valence-electron chi connectivity index (χ3n) is 4.78. The van der Waals surface area contributed by atoms with E-state index < -0.39 is 32.7 Å². The number of rotatable bonds is 5. The van der Waals surface area contributed by atoms with Crippen molar-refractivity contribution >= 4 is 79.5 Å². The Hall–Kier alpha value is -1.82. The fourth-order valence-corrected chi connectivity index (χ4v) is 6.10. The van der Waals surface area contributed by atoms with Crippen LogP contribution in [-0.2, 0) is 19.6 Å². The highest BCUT2D eigenvalue weighted by Crippen LogP contribution is 2.40. The van der Waals surface area contributed by atoms with Gasteiger partial charge in [0.1, 0.15) is 10.9 Å². The molecule has 1 heterocycles. The summed E-state index contributed by atoms with van der Waals surface area (Å²) in [6.45, 7) is 0.0861. The molecule has 3 N–H and O–H groups in total. The van der Waals surface area contributed by atoms with Gasteiger partial charge < -0.3 is 20.5 Å². The van der Waals surface area contributed by atoms with Crippen molar-refractivity contribution in [2.24, 2.45) is 0 Å². The van der Waals surface area contributed by atoms with E-state index in [2.05, 4.69) is 10.6 Å². The lowest BCUT2D eigenvalue weighted by Gasteiger charge is -2.24. The second-order valence-electron chi connectivity index (χ2n) is 6.75. The minimum Gasteiger partial charge on any atom is -0.504 e. The first kappa shape index (κ1) is 24.8. The molecule has 0 bridgehead atoms. The average Bonchev–Trinajstić information content (AvgIpc) is 3.24. The van der Waals surface area contributed by atoms with Gasteiger partial charge in [0.05, 0.1) is 33.6 Å². The maximum Gasteiger partial charge on any atom is 0.324 e. The largest absolute Gasteiger partial charge is 0.504 e. The number of ether oxygens (including phenoxy) is 1. The summed E-state index contributed by atoms with van der Waals surface area (Å²) >= 11 is 23.5. The molecule has 1 unspecified atom stereocenters. The van der Waals surface area contributed by atoms with Gasteiger partial charge in [-0.05, 0) is 49.3 Å². The summed E-state index contributed by atoms with van der Waals surface area (Å²) in [6, 6.07) is 6.58. The predicted molar refractivity (Wildman–Crippen MR) is 128 cm³/mol. The van der Waals surface area contributed by atoms with E-state index in [1.54, 1.807) is 18.2 Å². The number of carbonyl (C=O) groups is 1. The number of nitrogens with one attached hydrogen (secondary N) is 2. The SMILES string of the molecule is COC(=O)C1CCCN1S(=O)(=O)c1c(Cl)ccc(NC(=S)Nc2cccc(Cl)c2Cl)c1O. The summed E-state index contributed by atoms with van der Waals surface area (Å²) < 4.78 is 32.3. The van der Waals surface area contributed by atoms with Gasteiger partial charge in [-0.25, -0.2) is 8.42 Å². The van der Waals surface area contributed by atoms with Crippen LogP contribution in [-0.4, -0.2) is 48.6 Å². The lowest BCUT2D eigenvalue weighted by Crippen LogP contribution is -2.41. The Morgan fingerprint density at radius 2 is 1.84 bits per heavy atom. The number of aromatic hydroxyl groups is 1. The fraction of sp³-hybridized carbons (Fsp3) is 0.263. The maximum absolute atomic E-state index is 13.3. The standard InChI is InChI=1S/C19H18Cl3N3O5S2/c1-30-18(27)14-6-3-9-25(14)32(28,29)17-11(21)7-8-13(16(17)26)24-19(31)23-12-5-2-4-10(20)15(12)22/h2,4-5,7-8,14,26H,3,6,9H2,1H3,(H2,23,24,31).